The minimum atomic E-state index is -0.327. The van der Waals surface area contributed by atoms with Gasteiger partial charge in [-0.2, -0.15) is 0 Å². The Hall–Kier alpha value is -2.78. The van der Waals surface area contributed by atoms with Crippen molar-refractivity contribution in [2.75, 3.05) is 7.11 Å². The molecule has 26 heavy (non-hydrogen) atoms. The van der Waals surface area contributed by atoms with Gasteiger partial charge in [0.15, 0.2) is 0 Å². The molecule has 1 aliphatic heterocycles. The van der Waals surface area contributed by atoms with E-state index in [-0.39, 0.29) is 5.97 Å². The van der Waals surface area contributed by atoms with E-state index >= 15 is 0 Å². The van der Waals surface area contributed by atoms with Gasteiger partial charge in [0.05, 0.1) is 12.7 Å². The topological polar surface area (TPSA) is 26.3 Å². The zero-order valence-electron chi connectivity index (χ0n) is 14.5. The third kappa shape index (κ3) is 3.06. The van der Waals surface area contributed by atoms with Crippen LogP contribution in [-0.4, -0.2) is 13.1 Å². The molecule has 3 heteroatoms. The first-order valence-electron chi connectivity index (χ1n) is 8.42. The number of methoxy groups -OCH3 is 1. The summed E-state index contributed by atoms with van der Waals surface area (Å²) in [5, 5.41) is 0. The number of fused-ring (bicyclic) bond motifs is 2. The van der Waals surface area contributed by atoms with Crippen molar-refractivity contribution in [3.05, 3.63) is 101 Å². The van der Waals surface area contributed by atoms with Gasteiger partial charge in [-0.25, -0.2) is 4.79 Å². The van der Waals surface area contributed by atoms with E-state index in [2.05, 4.69) is 49.0 Å². The molecule has 0 unspecified atom stereocenters. The maximum Gasteiger partial charge on any atom is 0.337 e. The fourth-order valence-corrected chi connectivity index (χ4v) is 4.22. The lowest BCUT2D eigenvalue weighted by Gasteiger charge is -2.20. The quantitative estimate of drug-likeness (QED) is 0.447. The number of esters is 1. The monoisotopic (exact) mass is 358 g/mol. The molecule has 0 aromatic heterocycles. The van der Waals surface area contributed by atoms with Gasteiger partial charge >= 0.3 is 5.97 Å². The first-order valence-corrected chi connectivity index (χ1v) is 9.24. The minimum Gasteiger partial charge on any atom is -0.465 e. The lowest BCUT2D eigenvalue weighted by atomic mass is 9.95. The summed E-state index contributed by atoms with van der Waals surface area (Å²) < 4.78 is 4.75. The second-order valence-corrected chi connectivity index (χ2v) is 7.34. The van der Waals surface area contributed by atoms with Crippen molar-refractivity contribution in [1.82, 2.24) is 0 Å². The summed E-state index contributed by atoms with van der Waals surface area (Å²) in [6.07, 6.45) is 0.945. The van der Waals surface area contributed by atoms with E-state index in [9.17, 15) is 4.79 Å². The molecule has 128 valence electrons. The Labute approximate surface area is 157 Å². The van der Waals surface area contributed by atoms with Crippen LogP contribution in [0.25, 0.3) is 5.57 Å². The second kappa shape index (κ2) is 6.85. The van der Waals surface area contributed by atoms with Crippen LogP contribution in [-0.2, 0) is 11.2 Å². The summed E-state index contributed by atoms with van der Waals surface area (Å²) in [5.41, 5.74) is 6.31. The summed E-state index contributed by atoms with van der Waals surface area (Å²) in [6.45, 7) is 4.26. The molecule has 0 fully saturated rings. The van der Waals surface area contributed by atoms with Crippen molar-refractivity contribution < 1.29 is 9.53 Å². The molecule has 0 N–H and O–H groups in total. The van der Waals surface area contributed by atoms with Crippen molar-refractivity contribution in [2.45, 2.75) is 16.2 Å². The standard InChI is InChI=1S/C23H18O2S/c1-15(16-7-9-17(10-8-16)23(24)25-2)18-11-12-22-20(13-18)14-19-5-3-4-6-21(19)26-22/h3-13H,1,14H2,2H3. The highest BCUT2D eigenvalue weighted by Gasteiger charge is 2.16. The normalized spacial score (nSPS) is 12.0. The molecule has 3 aromatic rings. The molecule has 0 aliphatic carbocycles. The largest absolute Gasteiger partial charge is 0.465 e. The van der Waals surface area contributed by atoms with Gasteiger partial charge < -0.3 is 4.74 Å². The van der Waals surface area contributed by atoms with Crippen LogP contribution in [0, 0.1) is 0 Å². The third-order valence-electron chi connectivity index (χ3n) is 4.64. The first kappa shape index (κ1) is 16.7. The van der Waals surface area contributed by atoms with Gasteiger partial charge in [-0.3, -0.25) is 0 Å². The van der Waals surface area contributed by atoms with Gasteiger partial charge in [-0.15, -0.1) is 0 Å². The fourth-order valence-electron chi connectivity index (χ4n) is 3.17. The Morgan fingerprint density at radius 1 is 0.885 bits per heavy atom. The predicted octanol–water partition coefficient (Wildman–Crippen LogP) is 5.59. The molecule has 0 atom stereocenters. The SMILES string of the molecule is C=C(c1ccc(C(=O)OC)cc1)c1ccc2c(c1)Cc1ccccc1S2. The highest BCUT2D eigenvalue weighted by molar-refractivity contribution is 7.99. The number of hydrogen-bond acceptors (Lipinski definition) is 3. The number of benzene rings is 3. The van der Waals surface area contributed by atoms with Crippen molar-refractivity contribution in [1.29, 1.82) is 0 Å². The minimum absolute atomic E-state index is 0.327. The van der Waals surface area contributed by atoms with Gasteiger partial charge in [-0.05, 0) is 64.6 Å². The summed E-state index contributed by atoms with van der Waals surface area (Å²) in [6, 6.07) is 22.5. The zero-order chi connectivity index (χ0) is 18.1. The molecular formula is C23H18O2S. The van der Waals surface area contributed by atoms with Crippen LogP contribution in [0.2, 0.25) is 0 Å². The van der Waals surface area contributed by atoms with E-state index < -0.39 is 0 Å². The van der Waals surface area contributed by atoms with Gasteiger partial charge in [0.1, 0.15) is 0 Å². The lowest BCUT2D eigenvalue weighted by molar-refractivity contribution is 0.0600. The number of hydrogen-bond donors (Lipinski definition) is 0. The van der Waals surface area contributed by atoms with Crippen LogP contribution in [0.4, 0.5) is 0 Å². The molecule has 0 saturated heterocycles. The highest BCUT2D eigenvalue weighted by Crippen LogP contribution is 2.40. The van der Waals surface area contributed by atoms with E-state index in [0.29, 0.717) is 5.56 Å². The van der Waals surface area contributed by atoms with Crippen LogP contribution >= 0.6 is 11.8 Å². The number of carbonyl (C=O) groups is 1. The Morgan fingerprint density at radius 2 is 1.54 bits per heavy atom. The van der Waals surface area contributed by atoms with E-state index in [0.717, 1.165) is 23.1 Å². The molecule has 0 saturated carbocycles. The average Bonchev–Trinajstić information content (AvgIpc) is 2.70. The summed E-state index contributed by atoms with van der Waals surface area (Å²) in [5.74, 6) is -0.327. The summed E-state index contributed by atoms with van der Waals surface area (Å²) in [7, 11) is 1.39. The van der Waals surface area contributed by atoms with Crippen LogP contribution in [0.15, 0.2) is 83.1 Å². The maximum atomic E-state index is 11.6. The van der Waals surface area contributed by atoms with Crippen molar-refractivity contribution in [2.24, 2.45) is 0 Å². The van der Waals surface area contributed by atoms with Crippen LogP contribution in [0.5, 0.6) is 0 Å². The van der Waals surface area contributed by atoms with Gasteiger partial charge in [0.2, 0.25) is 0 Å². The van der Waals surface area contributed by atoms with E-state index in [1.807, 2.05) is 23.9 Å². The zero-order valence-corrected chi connectivity index (χ0v) is 15.3. The molecule has 0 amide bonds. The molecule has 1 aliphatic rings. The van der Waals surface area contributed by atoms with Crippen molar-refractivity contribution in [3.8, 4) is 0 Å². The van der Waals surface area contributed by atoms with Crippen molar-refractivity contribution >= 4 is 23.3 Å². The smallest absolute Gasteiger partial charge is 0.337 e. The van der Waals surface area contributed by atoms with Gasteiger partial charge in [-0.1, -0.05) is 54.7 Å². The van der Waals surface area contributed by atoms with Crippen molar-refractivity contribution in [3.63, 3.8) is 0 Å². The molecule has 0 spiro atoms. The predicted molar refractivity (Wildman–Crippen MR) is 106 cm³/mol. The van der Waals surface area contributed by atoms with E-state index in [1.54, 1.807) is 12.1 Å². The number of ether oxygens (including phenoxy) is 1. The molecule has 4 rings (SSSR count). The fraction of sp³-hybridized carbons (Fsp3) is 0.0870. The Bertz CT molecular complexity index is 1000. The molecule has 3 aromatic carbocycles. The Balaban J connectivity index is 1.61. The highest BCUT2D eigenvalue weighted by atomic mass is 32.2. The Morgan fingerprint density at radius 3 is 2.31 bits per heavy atom. The first-order chi connectivity index (χ1) is 12.7. The van der Waals surface area contributed by atoms with Crippen LogP contribution < -0.4 is 0 Å². The molecule has 1 heterocycles. The van der Waals surface area contributed by atoms with Gasteiger partial charge in [0.25, 0.3) is 0 Å². The van der Waals surface area contributed by atoms with E-state index in [1.165, 1.54) is 28.0 Å². The summed E-state index contributed by atoms with van der Waals surface area (Å²) >= 11 is 1.83. The summed E-state index contributed by atoms with van der Waals surface area (Å²) in [4.78, 5) is 14.2. The van der Waals surface area contributed by atoms with Crippen LogP contribution in [0.1, 0.15) is 32.6 Å². The second-order valence-electron chi connectivity index (χ2n) is 6.26. The molecule has 0 radical (unpaired) electrons. The number of rotatable bonds is 3. The number of carbonyl (C=O) groups excluding carboxylic acids is 1. The molecule has 2 nitrogen and oxygen atoms in total. The van der Waals surface area contributed by atoms with Gasteiger partial charge in [0, 0.05) is 9.79 Å². The third-order valence-corrected chi connectivity index (χ3v) is 5.87. The maximum absolute atomic E-state index is 11.6. The lowest BCUT2D eigenvalue weighted by Crippen LogP contribution is -2.01. The Kier molecular flexibility index (Phi) is 4.39. The van der Waals surface area contributed by atoms with E-state index in [4.69, 9.17) is 4.74 Å². The molecular weight excluding hydrogens is 340 g/mol. The van der Waals surface area contributed by atoms with Crippen LogP contribution in [0.3, 0.4) is 0 Å². The average molecular weight is 358 g/mol. The molecule has 0 bridgehead atoms.